The summed E-state index contributed by atoms with van der Waals surface area (Å²) in [7, 11) is 0. The van der Waals surface area contributed by atoms with E-state index in [1.54, 1.807) is 0 Å². The molecular formula is CH32Al2Mg6O19+16. The van der Waals surface area contributed by atoms with Gasteiger partial charge in [0.15, 0.2) is 0 Å². The summed E-state index contributed by atoms with van der Waals surface area (Å²) in [6.07, 6.45) is -2.33. The Morgan fingerprint density at radius 3 is 0.321 bits per heavy atom. The Morgan fingerprint density at radius 1 is 0.321 bits per heavy atom. The fourth-order valence-electron chi connectivity index (χ4n) is 0. The van der Waals surface area contributed by atoms with Gasteiger partial charge in [0.25, 0.3) is 0 Å². The maximum atomic E-state index is 8.33. The van der Waals surface area contributed by atoms with Crippen LogP contribution in [-0.4, -0.2) is 267 Å². The summed E-state index contributed by atoms with van der Waals surface area (Å²) in [4.78, 5) is 8.33. The summed E-state index contributed by atoms with van der Waals surface area (Å²) in [5, 5.41) is 16.7. The van der Waals surface area contributed by atoms with Crippen molar-refractivity contribution in [2.45, 2.75) is 0 Å². The molecule has 0 spiro atoms. The second kappa shape index (κ2) is 540. The molecular weight excluding hydrogens is 516 g/mol. The van der Waals surface area contributed by atoms with Crippen molar-refractivity contribution in [2.24, 2.45) is 0 Å². The van der Waals surface area contributed by atoms with Gasteiger partial charge in [0.05, 0.1) is 0 Å². The van der Waals surface area contributed by atoms with Crippen LogP contribution in [0.4, 0.5) is 4.79 Å². The number of carboxylic acid groups (broad SMARTS) is 2. The van der Waals surface area contributed by atoms with Gasteiger partial charge in [0.2, 0.25) is 0 Å². The summed E-state index contributed by atoms with van der Waals surface area (Å²) < 4.78 is 0. The van der Waals surface area contributed by atoms with Crippen LogP contribution in [0, 0.1) is 0 Å². The normalized spacial score (nSPS) is 0.857. The number of carbonyl (C=O) groups is 1. The van der Waals surface area contributed by atoms with Crippen LogP contribution in [0.3, 0.4) is 0 Å². The van der Waals surface area contributed by atoms with Crippen LogP contribution >= 0.6 is 0 Å². The summed E-state index contributed by atoms with van der Waals surface area (Å²) in [5.74, 6) is 0. The molecule has 0 rings (SSSR count). The van der Waals surface area contributed by atoms with E-state index in [0.717, 1.165) is 0 Å². The molecule has 0 amide bonds. The molecule has 152 valence electrons. The fraction of sp³-hybridized carbons (Fsp3) is 0. The molecule has 0 aromatic heterocycles. The summed E-state index contributed by atoms with van der Waals surface area (Å²) in [5.41, 5.74) is 0. The third-order valence-corrected chi connectivity index (χ3v) is 0. The second-order valence-electron chi connectivity index (χ2n) is 0.250. The number of rotatable bonds is 0. The molecule has 0 heterocycles. The minimum atomic E-state index is -2.33. The minimum absolute atomic E-state index is 0. The van der Waals surface area contributed by atoms with E-state index in [9.17, 15) is 0 Å². The topological polar surface area (TPSA) is 567 Å². The van der Waals surface area contributed by atoms with E-state index in [-0.39, 0.29) is 261 Å². The molecule has 0 bridgehead atoms. The van der Waals surface area contributed by atoms with Crippen LogP contribution in [0.15, 0.2) is 0 Å². The Hall–Kier alpha value is 4.29. The molecule has 0 fully saturated rings. The predicted octanol–water partition coefficient (Wildman–Crippen LogP) is -18.7. The van der Waals surface area contributed by atoms with E-state index in [4.69, 9.17) is 15.0 Å². The molecule has 32 N–H and O–H groups in total. The van der Waals surface area contributed by atoms with Gasteiger partial charge in [-0.25, -0.2) is 0 Å². The largest absolute Gasteiger partial charge is 3.00 e. The van der Waals surface area contributed by atoms with Gasteiger partial charge < -0.3 is 103 Å². The Morgan fingerprint density at radius 2 is 0.321 bits per heavy atom. The Kier molecular flexibility index (Phi) is 11500. The first kappa shape index (κ1) is 595. The molecule has 0 radical (unpaired) electrons. The van der Waals surface area contributed by atoms with E-state index >= 15 is 0 Å². The minimum Gasteiger partial charge on any atom is -0.652 e. The Balaban J connectivity index is -0.000000000163. The Bertz CT molecular complexity index is 59.4. The van der Waals surface area contributed by atoms with Crippen molar-refractivity contribution in [3.8, 4) is 0 Å². The molecule has 0 saturated heterocycles. The van der Waals surface area contributed by atoms with Crippen LogP contribution < -0.4 is 10.2 Å². The van der Waals surface area contributed by atoms with Gasteiger partial charge in [-0.2, -0.15) is 0 Å². The molecule has 0 unspecified atom stereocenters. The summed E-state index contributed by atoms with van der Waals surface area (Å²) >= 11 is 0. The summed E-state index contributed by atoms with van der Waals surface area (Å²) in [6.45, 7) is 0. The van der Waals surface area contributed by atoms with E-state index in [1.807, 2.05) is 0 Å². The van der Waals surface area contributed by atoms with Crippen LogP contribution in [0.25, 0.3) is 0 Å². The van der Waals surface area contributed by atoms with Crippen molar-refractivity contribution in [2.75, 3.05) is 0 Å². The van der Waals surface area contributed by atoms with Gasteiger partial charge in [-0.1, -0.05) is 0 Å². The van der Waals surface area contributed by atoms with Crippen LogP contribution in [0.5, 0.6) is 0 Å². The third-order valence-electron chi connectivity index (χ3n) is 0. The fourth-order valence-corrected chi connectivity index (χ4v) is 0. The van der Waals surface area contributed by atoms with Crippen molar-refractivity contribution in [3.63, 3.8) is 0 Å². The molecule has 0 aromatic carbocycles. The first-order valence-corrected chi connectivity index (χ1v) is 0.612. The molecule has 19 nitrogen and oxygen atoms in total. The van der Waals surface area contributed by atoms with Gasteiger partial charge in [0.1, 0.15) is 0 Å². The molecule has 0 aliphatic rings. The third kappa shape index (κ3) is 1410. The van der Waals surface area contributed by atoms with Gasteiger partial charge in [-0.3, -0.25) is 0 Å². The van der Waals surface area contributed by atoms with E-state index in [1.165, 1.54) is 0 Å². The second-order valence-corrected chi connectivity index (χ2v) is 0.250. The predicted molar refractivity (Wildman–Crippen MR) is 109 cm³/mol. The van der Waals surface area contributed by atoms with E-state index in [0.29, 0.717) is 0 Å². The van der Waals surface area contributed by atoms with Gasteiger partial charge in [-0.05, 0) is 6.16 Å². The standard InChI is InChI=1S/CH2O3.2Al.6Mg.16H2O/c2-1(3)4;;;;;;;;;;;;;;;;;;;;;;;;/h(H2,2,3,4);;;;;;;;;16*1H2/q;2*+3;6*+2;;;;;;;;;;;;;;;;/p-2. The molecule has 0 aromatic rings. The number of carbonyl (C=O) groups excluding carboxylic acids is 1. The van der Waals surface area contributed by atoms with Crippen LogP contribution in [0.1, 0.15) is 0 Å². The van der Waals surface area contributed by atoms with Crippen LogP contribution in [-0.2, 0) is 0 Å². The molecule has 0 saturated carbocycles. The monoisotopic (exact) mass is 546 g/mol. The van der Waals surface area contributed by atoms with Crippen molar-refractivity contribution < 1.29 is 103 Å². The van der Waals surface area contributed by atoms with E-state index in [2.05, 4.69) is 0 Å². The van der Waals surface area contributed by atoms with Gasteiger partial charge >= 0.3 is 173 Å². The van der Waals surface area contributed by atoms with Crippen molar-refractivity contribution in [3.05, 3.63) is 0 Å². The summed E-state index contributed by atoms with van der Waals surface area (Å²) in [6, 6.07) is 0. The maximum absolute atomic E-state index is 8.33. The average molecular weight is 548 g/mol. The first-order chi connectivity index (χ1) is 1.73. The van der Waals surface area contributed by atoms with Crippen molar-refractivity contribution in [1.29, 1.82) is 0 Å². The van der Waals surface area contributed by atoms with E-state index < -0.39 is 6.16 Å². The quantitative estimate of drug-likeness (QED) is 0.266. The van der Waals surface area contributed by atoms with Crippen molar-refractivity contribution in [1.82, 2.24) is 0 Å². The zero-order valence-corrected chi connectivity index (χ0v) is 25.9. The number of hydrogen-bond donors (Lipinski definition) is 0. The molecule has 27 heteroatoms. The number of hydrogen-bond acceptors (Lipinski definition) is 3. The molecule has 0 aliphatic carbocycles. The smallest absolute Gasteiger partial charge is 0.652 e. The molecule has 0 atom stereocenters. The van der Waals surface area contributed by atoms with Crippen LogP contribution in [0.2, 0.25) is 0 Å². The zero-order chi connectivity index (χ0) is 3.58. The average Bonchev–Trinajstić information content (AvgIpc) is 0.811. The zero-order valence-electron chi connectivity index (χ0n) is 15.1. The molecule has 28 heavy (non-hydrogen) atoms. The van der Waals surface area contributed by atoms with Gasteiger partial charge in [0, 0.05) is 0 Å². The Labute approximate surface area is 278 Å². The molecule has 0 aliphatic heterocycles. The van der Waals surface area contributed by atoms with Crippen molar-refractivity contribution >= 4 is 179 Å². The van der Waals surface area contributed by atoms with Gasteiger partial charge in [-0.15, -0.1) is 0 Å². The maximum Gasteiger partial charge on any atom is 3.00 e. The first-order valence-electron chi connectivity index (χ1n) is 0.612. The SMILES string of the molecule is O.O.O.O.O.O.O.O.O.O.O.O.O.O.O.O.O=C([O-])[O-].[Al+3].[Al+3].[Mg+2].[Mg+2].[Mg+2].[Mg+2].[Mg+2].[Mg+2].